The first-order valence-corrected chi connectivity index (χ1v) is 6.59. The lowest BCUT2D eigenvalue weighted by atomic mass is 10.0. The van der Waals surface area contributed by atoms with Gasteiger partial charge in [-0.3, -0.25) is 4.90 Å². The van der Waals surface area contributed by atoms with E-state index in [0.29, 0.717) is 12.1 Å². The van der Waals surface area contributed by atoms with Gasteiger partial charge in [-0.15, -0.1) is 0 Å². The second-order valence-electron chi connectivity index (χ2n) is 5.52. The average molecular weight is 232 g/mol. The maximum Gasteiger partial charge on any atom is 0.0237 e. The van der Waals surface area contributed by atoms with Crippen LogP contribution in [0.1, 0.15) is 30.5 Å². The lowest BCUT2D eigenvalue weighted by Crippen LogP contribution is -2.53. The summed E-state index contributed by atoms with van der Waals surface area (Å²) in [6.07, 6.45) is 0. The van der Waals surface area contributed by atoms with Crippen LogP contribution in [-0.4, -0.2) is 30.1 Å². The highest BCUT2D eigenvalue weighted by atomic mass is 15.2. The summed E-state index contributed by atoms with van der Waals surface area (Å²) < 4.78 is 0. The van der Waals surface area contributed by atoms with Gasteiger partial charge in [0.25, 0.3) is 0 Å². The SMILES string of the molecule is Cc1cccc(CN2CC(C)NC(C)C2)c1C. The Labute approximate surface area is 105 Å². The molecule has 94 valence electrons. The van der Waals surface area contributed by atoms with E-state index in [1.807, 2.05) is 0 Å². The van der Waals surface area contributed by atoms with Crippen LogP contribution in [0.15, 0.2) is 18.2 Å². The molecule has 1 heterocycles. The average Bonchev–Trinajstić information content (AvgIpc) is 2.23. The molecule has 17 heavy (non-hydrogen) atoms. The fraction of sp³-hybridized carbons (Fsp3) is 0.600. The molecule has 0 radical (unpaired) electrons. The van der Waals surface area contributed by atoms with Gasteiger partial charge in [-0.1, -0.05) is 18.2 Å². The molecule has 2 atom stereocenters. The van der Waals surface area contributed by atoms with Crippen molar-refractivity contribution in [2.24, 2.45) is 0 Å². The van der Waals surface area contributed by atoms with E-state index in [9.17, 15) is 0 Å². The van der Waals surface area contributed by atoms with Crippen LogP contribution in [0.25, 0.3) is 0 Å². The van der Waals surface area contributed by atoms with E-state index in [1.165, 1.54) is 16.7 Å². The zero-order chi connectivity index (χ0) is 12.4. The first kappa shape index (κ1) is 12.6. The minimum Gasteiger partial charge on any atom is -0.309 e. The lowest BCUT2D eigenvalue weighted by Gasteiger charge is -2.36. The van der Waals surface area contributed by atoms with Crippen molar-refractivity contribution in [1.29, 1.82) is 0 Å². The zero-order valence-electron chi connectivity index (χ0n) is 11.5. The number of hydrogen-bond donors (Lipinski definition) is 1. The first-order valence-electron chi connectivity index (χ1n) is 6.59. The highest BCUT2D eigenvalue weighted by Gasteiger charge is 2.21. The third kappa shape index (κ3) is 3.08. The molecule has 1 aliphatic rings. The molecule has 2 unspecified atom stereocenters. The molecule has 1 aromatic carbocycles. The Balaban J connectivity index is 2.07. The third-order valence-electron chi connectivity index (χ3n) is 3.74. The van der Waals surface area contributed by atoms with Gasteiger partial charge in [-0.05, 0) is 44.4 Å². The van der Waals surface area contributed by atoms with Crippen LogP contribution in [0.2, 0.25) is 0 Å². The fourth-order valence-electron chi connectivity index (χ4n) is 2.79. The van der Waals surface area contributed by atoms with E-state index in [1.54, 1.807) is 0 Å². The summed E-state index contributed by atoms with van der Waals surface area (Å²) in [5.41, 5.74) is 4.33. The maximum absolute atomic E-state index is 3.58. The number of benzene rings is 1. The van der Waals surface area contributed by atoms with E-state index in [0.717, 1.165) is 19.6 Å². The van der Waals surface area contributed by atoms with Crippen molar-refractivity contribution in [3.8, 4) is 0 Å². The molecule has 0 aromatic heterocycles. The van der Waals surface area contributed by atoms with E-state index < -0.39 is 0 Å². The summed E-state index contributed by atoms with van der Waals surface area (Å²) in [6.45, 7) is 12.4. The summed E-state index contributed by atoms with van der Waals surface area (Å²) in [5, 5.41) is 3.58. The Bertz CT molecular complexity index is 377. The molecule has 0 bridgehead atoms. The maximum atomic E-state index is 3.58. The zero-order valence-corrected chi connectivity index (χ0v) is 11.5. The molecule has 0 saturated carbocycles. The predicted molar refractivity (Wildman–Crippen MR) is 73.3 cm³/mol. The minimum absolute atomic E-state index is 0.601. The summed E-state index contributed by atoms with van der Waals surface area (Å²) >= 11 is 0. The Hall–Kier alpha value is -0.860. The minimum atomic E-state index is 0.601. The van der Waals surface area contributed by atoms with E-state index in [4.69, 9.17) is 0 Å². The molecule has 1 saturated heterocycles. The van der Waals surface area contributed by atoms with Crippen molar-refractivity contribution in [2.45, 2.75) is 46.3 Å². The number of nitrogens with zero attached hydrogens (tertiary/aromatic N) is 1. The summed E-state index contributed by atoms with van der Waals surface area (Å²) in [5.74, 6) is 0. The molecule has 2 heteroatoms. The van der Waals surface area contributed by atoms with E-state index in [2.05, 4.69) is 56.1 Å². The standard InChI is InChI=1S/C15H24N2/c1-11-6-5-7-15(14(11)4)10-17-8-12(2)16-13(3)9-17/h5-7,12-13,16H,8-10H2,1-4H3. The van der Waals surface area contributed by atoms with Crippen molar-refractivity contribution in [1.82, 2.24) is 10.2 Å². The number of rotatable bonds is 2. The van der Waals surface area contributed by atoms with Crippen molar-refractivity contribution in [3.05, 3.63) is 34.9 Å². The quantitative estimate of drug-likeness (QED) is 0.843. The van der Waals surface area contributed by atoms with Crippen LogP contribution in [0, 0.1) is 13.8 Å². The van der Waals surface area contributed by atoms with Crippen molar-refractivity contribution in [3.63, 3.8) is 0 Å². The van der Waals surface area contributed by atoms with Gasteiger partial charge in [0.05, 0.1) is 0 Å². The molecular formula is C15H24N2. The van der Waals surface area contributed by atoms with Gasteiger partial charge in [-0.25, -0.2) is 0 Å². The summed E-state index contributed by atoms with van der Waals surface area (Å²) in [4.78, 5) is 2.56. The molecule has 1 aromatic rings. The van der Waals surface area contributed by atoms with Gasteiger partial charge in [0.1, 0.15) is 0 Å². The van der Waals surface area contributed by atoms with Crippen LogP contribution < -0.4 is 5.32 Å². The van der Waals surface area contributed by atoms with Crippen LogP contribution in [0.3, 0.4) is 0 Å². The molecule has 0 amide bonds. The third-order valence-corrected chi connectivity index (χ3v) is 3.74. The summed E-state index contributed by atoms with van der Waals surface area (Å²) in [6, 6.07) is 7.83. The van der Waals surface area contributed by atoms with Gasteiger partial charge in [0.2, 0.25) is 0 Å². The smallest absolute Gasteiger partial charge is 0.0237 e. The Morgan fingerprint density at radius 2 is 1.82 bits per heavy atom. The van der Waals surface area contributed by atoms with Crippen LogP contribution in [0.5, 0.6) is 0 Å². The number of nitrogens with one attached hydrogen (secondary N) is 1. The van der Waals surface area contributed by atoms with Gasteiger partial charge in [-0.2, -0.15) is 0 Å². The van der Waals surface area contributed by atoms with Gasteiger partial charge >= 0.3 is 0 Å². The van der Waals surface area contributed by atoms with Crippen molar-refractivity contribution in [2.75, 3.05) is 13.1 Å². The van der Waals surface area contributed by atoms with Gasteiger partial charge in [0, 0.05) is 31.7 Å². The van der Waals surface area contributed by atoms with Crippen molar-refractivity contribution < 1.29 is 0 Å². The monoisotopic (exact) mass is 232 g/mol. The van der Waals surface area contributed by atoms with Gasteiger partial charge < -0.3 is 5.32 Å². The second kappa shape index (κ2) is 5.19. The predicted octanol–water partition coefficient (Wildman–Crippen LogP) is 2.49. The highest BCUT2D eigenvalue weighted by Crippen LogP contribution is 2.16. The Morgan fingerprint density at radius 3 is 2.47 bits per heavy atom. The number of piperazine rings is 1. The second-order valence-corrected chi connectivity index (χ2v) is 5.52. The van der Waals surface area contributed by atoms with Crippen LogP contribution >= 0.6 is 0 Å². The highest BCUT2D eigenvalue weighted by molar-refractivity contribution is 5.33. The normalized spacial score (nSPS) is 26.1. The number of aryl methyl sites for hydroxylation is 1. The Morgan fingerprint density at radius 1 is 1.18 bits per heavy atom. The van der Waals surface area contributed by atoms with Crippen LogP contribution in [0.4, 0.5) is 0 Å². The molecule has 1 fully saturated rings. The molecular weight excluding hydrogens is 208 g/mol. The van der Waals surface area contributed by atoms with Crippen LogP contribution in [-0.2, 0) is 6.54 Å². The molecule has 1 N–H and O–H groups in total. The van der Waals surface area contributed by atoms with E-state index in [-0.39, 0.29) is 0 Å². The molecule has 0 aliphatic carbocycles. The largest absolute Gasteiger partial charge is 0.309 e. The van der Waals surface area contributed by atoms with Crippen molar-refractivity contribution >= 4 is 0 Å². The summed E-state index contributed by atoms with van der Waals surface area (Å²) in [7, 11) is 0. The van der Waals surface area contributed by atoms with Gasteiger partial charge in [0.15, 0.2) is 0 Å². The molecule has 2 nitrogen and oxygen atoms in total. The molecule has 1 aliphatic heterocycles. The lowest BCUT2D eigenvalue weighted by molar-refractivity contribution is 0.166. The first-order chi connectivity index (χ1) is 8.06. The fourth-order valence-corrected chi connectivity index (χ4v) is 2.79. The van der Waals surface area contributed by atoms with E-state index >= 15 is 0 Å². The number of hydrogen-bond acceptors (Lipinski definition) is 2. The molecule has 0 spiro atoms. The topological polar surface area (TPSA) is 15.3 Å². The molecule has 2 rings (SSSR count). The Kier molecular flexibility index (Phi) is 3.85.